The Morgan fingerprint density at radius 3 is 2.77 bits per heavy atom. The number of nitrogens with one attached hydrogen (secondary N) is 1. The van der Waals surface area contributed by atoms with E-state index in [0.717, 1.165) is 11.3 Å². The number of hydroxylamine groups is 1. The van der Waals surface area contributed by atoms with Crippen molar-refractivity contribution in [2.45, 2.75) is 57.3 Å². The first-order valence-electron chi connectivity index (χ1n) is 12.6. The fraction of sp³-hybridized carbons (Fsp3) is 0.500. The summed E-state index contributed by atoms with van der Waals surface area (Å²) in [6.45, 7) is 4.69. The number of para-hydroxylation sites is 1. The Bertz CT molecular complexity index is 1350. The monoisotopic (exact) mass is 581 g/mol. The van der Waals surface area contributed by atoms with E-state index in [9.17, 15) is 14.5 Å². The van der Waals surface area contributed by atoms with Crippen molar-refractivity contribution in [1.29, 1.82) is 0 Å². The largest absolute Gasteiger partial charge is 0.468 e. The lowest BCUT2D eigenvalue weighted by atomic mass is 9.98. The molecule has 0 bridgehead atoms. The topological polar surface area (TPSA) is 176 Å². The van der Waals surface area contributed by atoms with Gasteiger partial charge in [-0.1, -0.05) is 30.0 Å². The average Bonchev–Trinajstić information content (AvgIpc) is 3.45. The third-order valence-corrected chi connectivity index (χ3v) is 7.64. The van der Waals surface area contributed by atoms with Gasteiger partial charge in [0.15, 0.2) is 28.9 Å². The number of carbonyl (C=O) groups excluding carboxylic acids is 1. The third kappa shape index (κ3) is 6.03. The number of anilines is 2. The van der Waals surface area contributed by atoms with Crippen LogP contribution in [0.15, 0.2) is 36.7 Å². The van der Waals surface area contributed by atoms with Crippen LogP contribution in [-0.4, -0.2) is 79.6 Å². The number of aromatic nitrogens is 4. The summed E-state index contributed by atoms with van der Waals surface area (Å²) >= 11 is 0. The summed E-state index contributed by atoms with van der Waals surface area (Å²) in [6.07, 6.45) is -2.15. The quantitative estimate of drug-likeness (QED) is 0.162. The van der Waals surface area contributed by atoms with Crippen molar-refractivity contribution in [2.75, 3.05) is 31.3 Å². The molecule has 2 aromatic heterocycles. The number of aliphatic hydroxyl groups excluding tert-OH is 1. The van der Waals surface area contributed by atoms with Gasteiger partial charge in [0.05, 0.1) is 20.0 Å². The first kappa shape index (κ1) is 29.6. The zero-order valence-corrected chi connectivity index (χ0v) is 23.5. The fourth-order valence-electron chi connectivity index (χ4n) is 4.20. The molecule has 4 N–H and O–H groups in total. The number of alkyl halides is 1. The first-order chi connectivity index (χ1) is 19.1. The number of hydrogen-bond acceptors (Lipinski definition) is 12. The van der Waals surface area contributed by atoms with Gasteiger partial charge in [-0.15, -0.1) is 0 Å². The highest BCUT2D eigenvalue weighted by Gasteiger charge is 2.55. The van der Waals surface area contributed by atoms with Crippen molar-refractivity contribution in [3.63, 3.8) is 0 Å². The minimum atomic E-state index is -3.20. The molecule has 0 spiro atoms. The molecule has 40 heavy (non-hydrogen) atoms. The van der Waals surface area contributed by atoms with Crippen LogP contribution in [0.2, 0.25) is 0 Å². The van der Waals surface area contributed by atoms with Gasteiger partial charge in [0.2, 0.25) is 5.95 Å². The van der Waals surface area contributed by atoms with E-state index in [0.29, 0.717) is 17.9 Å². The van der Waals surface area contributed by atoms with E-state index in [1.54, 1.807) is 30.3 Å². The molecular formula is C24H33FN7O7P. The maximum Gasteiger partial charge on any atom is 0.331 e. The molecule has 14 nitrogen and oxygen atoms in total. The number of nitrogen functional groups attached to an aromatic ring is 1. The van der Waals surface area contributed by atoms with Gasteiger partial charge in [-0.25, -0.2) is 9.37 Å². The van der Waals surface area contributed by atoms with Gasteiger partial charge in [0.1, 0.15) is 24.0 Å². The Morgan fingerprint density at radius 2 is 2.10 bits per heavy atom. The Hall–Kier alpha value is -3.36. The lowest BCUT2D eigenvalue weighted by Gasteiger charge is -2.27. The number of rotatable bonds is 12. The number of imidazole rings is 1. The number of methoxy groups -OCH3 is 1. The summed E-state index contributed by atoms with van der Waals surface area (Å²) in [5.41, 5.74) is 4.11. The zero-order valence-electron chi connectivity index (χ0n) is 22.5. The highest BCUT2D eigenvalue weighted by atomic mass is 31.1. The summed E-state index contributed by atoms with van der Waals surface area (Å²) < 4.78 is 46.5. The molecule has 1 aromatic carbocycles. The van der Waals surface area contributed by atoms with E-state index in [1.165, 1.54) is 31.9 Å². The number of ether oxygens (including phenoxy) is 2. The number of benzene rings is 1. The van der Waals surface area contributed by atoms with Gasteiger partial charge in [-0.3, -0.25) is 18.8 Å². The molecule has 0 saturated carbocycles. The molecule has 6 atom stereocenters. The molecule has 1 aliphatic heterocycles. The van der Waals surface area contributed by atoms with Crippen molar-refractivity contribution in [3.8, 4) is 5.75 Å². The van der Waals surface area contributed by atoms with Gasteiger partial charge in [-0.05, 0) is 32.4 Å². The van der Waals surface area contributed by atoms with Crippen LogP contribution < -0.4 is 15.6 Å². The van der Waals surface area contributed by atoms with Crippen LogP contribution >= 0.6 is 8.18 Å². The van der Waals surface area contributed by atoms with Crippen LogP contribution in [0.5, 0.6) is 5.75 Å². The van der Waals surface area contributed by atoms with E-state index < -0.39 is 50.9 Å². The molecule has 2 unspecified atom stereocenters. The second kappa shape index (κ2) is 12.4. The summed E-state index contributed by atoms with van der Waals surface area (Å²) in [7, 11) is -2.03. The van der Waals surface area contributed by atoms with Crippen molar-refractivity contribution in [3.05, 3.63) is 36.7 Å². The van der Waals surface area contributed by atoms with Crippen LogP contribution in [0, 0.1) is 0 Å². The van der Waals surface area contributed by atoms with Crippen molar-refractivity contribution < 1.29 is 37.7 Å². The Morgan fingerprint density at radius 1 is 1.38 bits per heavy atom. The van der Waals surface area contributed by atoms with Crippen LogP contribution in [0.25, 0.3) is 11.2 Å². The third-order valence-electron chi connectivity index (χ3n) is 6.35. The lowest BCUT2D eigenvalue weighted by Crippen LogP contribution is -2.42. The second-order valence-corrected chi connectivity index (χ2v) is 10.5. The zero-order chi connectivity index (χ0) is 29.0. The number of nitrogens with zero attached hydrogens (tertiary/aromatic N) is 5. The maximum atomic E-state index is 16.0. The van der Waals surface area contributed by atoms with Crippen molar-refractivity contribution >= 4 is 37.1 Å². The number of aliphatic hydroxyl groups is 1. The Labute approximate surface area is 230 Å². The molecule has 1 saturated heterocycles. The van der Waals surface area contributed by atoms with Gasteiger partial charge in [0, 0.05) is 6.54 Å². The Kier molecular flexibility index (Phi) is 9.21. The highest BCUT2D eigenvalue weighted by molar-refractivity contribution is 7.36. The van der Waals surface area contributed by atoms with Gasteiger partial charge in [0.25, 0.3) is 0 Å². The van der Waals surface area contributed by atoms with E-state index in [1.807, 2.05) is 6.92 Å². The molecule has 3 heterocycles. The summed E-state index contributed by atoms with van der Waals surface area (Å²) in [5, 5.41) is 14.0. The number of carbonyl (C=O) groups is 1. The molecule has 3 aromatic rings. The standard InChI is InChI=1S/C24H33FN7O7P/c1-5-11-27-19-17-20(30-23(26)29-19)31(13-28-17)22-24(3,25)18(33)16(38-22)12-37-32(14(2)21(34)36-4)40(35)39-15-9-7-6-8-10-15/h6-10,13-14,16,18,22,33,40H,5,11-12H2,1-4H3,(H3,26,27,29,30)/t14?,16-,18-,22-,24-/m1/s1. The second-order valence-electron chi connectivity index (χ2n) is 9.31. The lowest BCUT2D eigenvalue weighted by molar-refractivity contribution is -0.179. The van der Waals surface area contributed by atoms with Crippen molar-refractivity contribution in [1.82, 2.24) is 24.4 Å². The van der Waals surface area contributed by atoms with Gasteiger partial charge < -0.3 is 30.2 Å². The highest BCUT2D eigenvalue weighted by Crippen LogP contribution is 2.43. The molecule has 4 rings (SSSR count). The van der Waals surface area contributed by atoms with E-state index in [2.05, 4.69) is 20.3 Å². The van der Waals surface area contributed by atoms with E-state index in [4.69, 9.17) is 24.6 Å². The van der Waals surface area contributed by atoms with Gasteiger partial charge in [-0.2, -0.15) is 9.97 Å². The van der Waals surface area contributed by atoms with E-state index >= 15 is 4.39 Å². The SMILES string of the molecule is CCCNc1nc(N)nc2c1ncn2[C@@H]1O[C@H](CON(C(C)C(=O)OC)[PH](=O)Oc2ccccc2)[C@@H](O)[C@@]1(C)F. The summed E-state index contributed by atoms with van der Waals surface area (Å²) in [5.74, 6) is -0.127. The average molecular weight is 582 g/mol. The predicted octanol–water partition coefficient (Wildman–Crippen LogP) is 2.48. The normalized spacial score (nSPS) is 24.2. The van der Waals surface area contributed by atoms with Gasteiger partial charge >= 0.3 is 14.1 Å². The molecule has 218 valence electrons. The van der Waals surface area contributed by atoms with E-state index in [-0.39, 0.29) is 17.3 Å². The molecule has 0 amide bonds. The fourth-order valence-corrected chi connectivity index (χ4v) is 5.23. The molecule has 1 aliphatic rings. The van der Waals surface area contributed by atoms with Crippen LogP contribution in [-0.2, 0) is 23.7 Å². The van der Waals surface area contributed by atoms with Crippen molar-refractivity contribution in [2.24, 2.45) is 0 Å². The number of nitrogens with two attached hydrogens (primary N) is 1. The molecular weight excluding hydrogens is 548 g/mol. The molecule has 0 radical (unpaired) electrons. The molecule has 16 heteroatoms. The Balaban J connectivity index is 1.55. The first-order valence-corrected chi connectivity index (χ1v) is 13.9. The number of halogens is 1. The maximum absolute atomic E-state index is 16.0. The molecule has 0 aliphatic carbocycles. The number of fused-ring (bicyclic) bond motifs is 1. The minimum Gasteiger partial charge on any atom is -0.468 e. The number of esters is 1. The smallest absolute Gasteiger partial charge is 0.331 e. The predicted molar refractivity (Wildman–Crippen MR) is 143 cm³/mol. The van der Waals surface area contributed by atoms with Crippen LogP contribution in [0.4, 0.5) is 16.2 Å². The summed E-state index contributed by atoms with van der Waals surface area (Å²) in [6, 6.07) is 7.14. The minimum absolute atomic E-state index is 0.0529. The van der Waals surface area contributed by atoms with Crippen LogP contribution in [0.1, 0.15) is 33.4 Å². The summed E-state index contributed by atoms with van der Waals surface area (Å²) in [4.78, 5) is 31.4. The molecule has 1 fully saturated rings. The van der Waals surface area contributed by atoms with Crippen LogP contribution in [0.3, 0.4) is 0 Å². The number of hydrogen-bond donors (Lipinski definition) is 3.